The average molecular weight is 418 g/mol. The van der Waals surface area contributed by atoms with Gasteiger partial charge in [0.15, 0.2) is 9.84 Å². The molecule has 2 saturated heterocycles. The van der Waals surface area contributed by atoms with Crippen LogP contribution >= 0.6 is 0 Å². The van der Waals surface area contributed by atoms with Crippen LogP contribution in [0.2, 0.25) is 0 Å². The maximum absolute atomic E-state index is 13.0. The first-order chi connectivity index (χ1) is 13.1. The number of alkyl halides is 3. The van der Waals surface area contributed by atoms with Gasteiger partial charge in [-0.15, -0.1) is 5.10 Å². The summed E-state index contributed by atoms with van der Waals surface area (Å²) >= 11 is 0. The number of aromatic nitrogens is 4. The van der Waals surface area contributed by atoms with Crippen LogP contribution in [0.15, 0.2) is 6.07 Å². The third-order valence-electron chi connectivity index (χ3n) is 5.36. The second-order valence-electron chi connectivity index (χ2n) is 7.31. The lowest BCUT2D eigenvalue weighted by Gasteiger charge is -2.40. The number of anilines is 1. The van der Waals surface area contributed by atoms with Crippen LogP contribution in [0.25, 0.3) is 5.78 Å². The van der Waals surface area contributed by atoms with Gasteiger partial charge >= 0.3 is 6.18 Å². The van der Waals surface area contributed by atoms with Gasteiger partial charge in [-0.05, 0) is 19.8 Å². The Balaban J connectivity index is 1.51. The van der Waals surface area contributed by atoms with Gasteiger partial charge in [-0.2, -0.15) is 22.7 Å². The van der Waals surface area contributed by atoms with E-state index in [4.69, 9.17) is 0 Å². The summed E-state index contributed by atoms with van der Waals surface area (Å²) in [5, 5.41) is 3.62. The van der Waals surface area contributed by atoms with Crippen molar-refractivity contribution in [1.82, 2.24) is 24.5 Å². The summed E-state index contributed by atoms with van der Waals surface area (Å²) < 4.78 is 63.3. The molecule has 0 spiro atoms. The van der Waals surface area contributed by atoms with Gasteiger partial charge in [-0.3, -0.25) is 4.90 Å². The molecule has 2 aliphatic rings. The summed E-state index contributed by atoms with van der Waals surface area (Å²) in [6.45, 7) is 4.10. The lowest BCUT2D eigenvalue weighted by Crippen LogP contribution is -2.50. The smallest absolute Gasteiger partial charge is 0.356 e. The van der Waals surface area contributed by atoms with Crippen LogP contribution in [-0.4, -0.2) is 76.6 Å². The van der Waals surface area contributed by atoms with E-state index < -0.39 is 21.8 Å². The molecule has 0 amide bonds. The van der Waals surface area contributed by atoms with Crippen LogP contribution in [0.1, 0.15) is 24.4 Å². The highest BCUT2D eigenvalue weighted by Crippen LogP contribution is 2.29. The fraction of sp³-hybridized carbons (Fsp3) is 0.688. The normalized spacial score (nSPS) is 22.1. The molecular weight excluding hydrogens is 397 g/mol. The summed E-state index contributed by atoms with van der Waals surface area (Å²) in [4.78, 5) is 11.8. The Morgan fingerprint density at radius 3 is 2.32 bits per heavy atom. The fourth-order valence-electron chi connectivity index (χ4n) is 3.87. The third-order valence-corrected chi connectivity index (χ3v) is 6.97. The van der Waals surface area contributed by atoms with Gasteiger partial charge in [0.1, 0.15) is 5.82 Å². The monoisotopic (exact) mass is 418 g/mol. The number of hydrogen-bond acceptors (Lipinski definition) is 7. The van der Waals surface area contributed by atoms with Crippen molar-refractivity contribution < 1.29 is 21.6 Å². The molecule has 0 unspecified atom stereocenters. The van der Waals surface area contributed by atoms with E-state index in [0.29, 0.717) is 37.7 Å². The molecule has 0 aromatic carbocycles. The topological polar surface area (TPSA) is 83.7 Å². The minimum Gasteiger partial charge on any atom is -0.356 e. The van der Waals surface area contributed by atoms with Crippen molar-refractivity contribution in [3.05, 3.63) is 17.6 Å². The Morgan fingerprint density at radius 2 is 1.71 bits per heavy atom. The van der Waals surface area contributed by atoms with Gasteiger partial charge in [0, 0.05) is 44.0 Å². The van der Waals surface area contributed by atoms with Crippen LogP contribution in [0.3, 0.4) is 0 Å². The number of piperidine rings is 1. The Morgan fingerprint density at radius 1 is 1.07 bits per heavy atom. The van der Waals surface area contributed by atoms with E-state index in [1.54, 1.807) is 13.0 Å². The number of hydrogen-bond donors (Lipinski definition) is 0. The van der Waals surface area contributed by atoms with Crippen LogP contribution in [-0.2, 0) is 16.0 Å². The molecular formula is C16H21F3N6O2S. The molecule has 0 N–H and O–H groups in total. The number of fused-ring (bicyclic) bond motifs is 1. The molecule has 2 aromatic heterocycles. The lowest BCUT2D eigenvalue weighted by molar-refractivity contribution is -0.144. The molecule has 0 atom stereocenters. The zero-order valence-electron chi connectivity index (χ0n) is 15.4. The summed E-state index contributed by atoms with van der Waals surface area (Å²) in [6.07, 6.45) is -3.01. The van der Waals surface area contributed by atoms with Crippen molar-refractivity contribution in [2.75, 3.05) is 42.6 Å². The van der Waals surface area contributed by atoms with Gasteiger partial charge in [0.2, 0.25) is 0 Å². The molecule has 4 heterocycles. The van der Waals surface area contributed by atoms with Gasteiger partial charge < -0.3 is 4.90 Å². The van der Waals surface area contributed by atoms with E-state index in [1.807, 2.05) is 4.90 Å². The largest absolute Gasteiger partial charge is 0.453 e. The number of sulfone groups is 1. The van der Waals surface area contributed by atoms with Gasteiger partial charge in [0.05, 0.1) is 11.5 Å². The summed E-state index contributed by atoms with van der Waals surface area (Å²) in [5.41, 5.74) is 0.576. The molecule has 2 aliphatic heterocycles. The molecule has 4 rings (SSSR count). The minimum atomic E-state index is -4.62. The van der Waals surface area contributed by atoms with Crippen LogP contribution in [0.5, 0.6) is 0 Å². The Hall–Kier alpha value is -1.95. The molecule has 2 aromatic rings. The first-order valence-corrected chi connectivity index (χ1v) is 11.0. The van der Waals surface area contributed by atoms with Gasteiger partial charge in [-0.25, -0.2) is 13.4 Å². The number of nitrogens with zero attached hydrogens (tertiary/aromatic N) is 6. The van der Waals surface area contributed by atoms with Gasteiger partial charge in [-0.1, -0.05) is 0 Å². The highest BCUT2D eigenvalue weighted by molar-refractivity contribution is 7.91. The fourth-order valence-corrected chi connectivity index (χ4v) is 5.09. The molecule has 0 saturated carbocycles. The molecule has 154 valence electrons. The molecule has 12 heteroatoms. The summed E-state index contributed by atoms with van der Waals surface area (Å²) in [6, 6.07) is 2.00. The quantitative estimate of drug-likeness (QED) is 0.724. The highest BCUT2D eigenvalue weighted by atomic mass is 32.2. The summed E-state index contributed by atoms with van der Waals surface area (Å²) in [7, 11) is -2.92. The van der Waals surface area contributed by atoms with Crippen LogP contribution in [0.4, 0.5) is 19.0 Å². The van der Waals surface area contributed by atoms with Crippen molar-refractivity contribution in [2.24, 2.45) is 0 Å². The first-order valence-electron chi connectivity index (χ1n) is 9.13. The molecule has 0 bridgehead atoms. The van der Waals surface area contributed by atoms with E-state index in [1.165, 1.54) is 0 Å². The zero-order chi connectivity index (χ0) is 20.1. The minimum absolute atomic E-state index is 0.0642. The Bertz CT molecular complexity index is 968. The maximum Gasteiger partial charge on any atom is 0.453 e. The van der Waals surface area contributed by atoms with Crippen LogP contribution in [0, 0.1) is 6.92 Å². The van der Waals surface area contributed by atoms with E-state index >= 15 is 0 Å². The summed E-state index contributed by atoms with van der Waals surface area (Å²) in [5.74, 6) is -0.334. The van der Waals surface area contributed by atoms with Crippen molar-refractivity contribution in [2.45, 2.75) is 32.0 Å². The predicted octanol–water partition coefficient (Wildman–Crippen LogP) is 1.15. The van der Waals surface area contributed by atoms with Crippen LogP contribution < -0.4 is 4.90 Å². The molecule has 28 heavy (non-hydrogen) atoms. The first kappa shape index (κ1) is 19.4. The lowest BCUT2D eigenvalue weighted by atomic mass is 10.0. The van der Waals surface area contributed by atoms with E-state index in [9.17, 15) is 21.6 Å². The number of halogens is 3. The second kappa shape index (κ2) is 6.83. The Kier molecular flexibility index (Phi) is 4.73. The third kappa shape index (κ3) is 3.79. The standard InChI is InChI=1S/C16H21F3N6O2S/c1-11-10-13(25-15(20-11)21-14(22-25)16(17,18)19)24-4-2-12(3-5-24)23-6-8-28(26,27)9-7-23/h10,12H,2-9H2,1H3. The highest BCUT2D eigenvalue weighted by Gasteiger charge is 2.37. The van der Waals surface area contributed by atoms with Crippen molar-refractivity contribution in [1.29, 1.82) is 0 Å². The second-order valence-corrected chi connectivity index (χ2v) is 9.61. The van der Waals surface area contributed by atoms with Crippen molar-refractivity contribution >= 4 is 21.4 Å². The number of aryl methyl sites for hydroxylation is 1. The van der Waals surface area contributed by atoms with E-state index in [0.717, 1.165) is 17.4 Å². The van der Waals surface area contributed by atoms with Gasteiger partial charge in [0.25, 0.3) is 11.6 Å². The average Bonchev–Trinajstić information content (AvgIpc) is 3.05. The van der Waals surface area contributed by atoms with Crippen molar-refractivity contribution in [3.63, 3.8) is 0 Å². The van der Waals surface area contributed by atoms with E-state index in [-0.39, 0.29) is 23.3 Å². The maximum atomic E-state index is 13.0. The Labute approximate surface area is 160 Å². The van der Waals surface area contributed by atoms with Crippen molar-refractivity contribution in [3.8, 4) is 0 Å². The number of rotatable bonds is 2. The SMILES string of the molecule is Cc1cc(N2CCC(N3CCS(=O)(=O)CC3)CC2)n2nc(C(F)(F)F)nc2n1. The predicted molar refractivity (Wildman–Crippen MR) is 96.0 cm³/mol. The molecule has 0 aliphatic carbocycles. The van der Waals surface area contributed by atoms with E-state index in [2.05, 4.69) is 20.0 Å². The molecule has 0 radical (unpaired) electrons. The molecule has 8 nitrogen and oxygen atoms in total. The molecule has 2 fully saturated rings. The zero-order valence-corrected chi connectivity index (χ0v) is 16.2.